The van der Waals surface area contributed by atoms with Crippen LogP contribution in [0, 0.1) is 5.92 Å². The van der Waals surface area contributed by atoms with Crippen molar-refractivity contribution in [2.75, 3.05) is 13.7 Å². The van der Waals surface area contributed by atoms with Gasteiger partial charge in [0, 0.05) is 5.92 Å². The second kappa shape index (κ2) is 7.17. The van der Waals surface area contributed by atoms with Gasteiger partial charge in [0.05, 0.1) is 23.9 Å². The van der Waals surface area contributed by atoms with Gasteiger partial charge in [0.2, 0.25) is 0 Å². The van der Waals surface area contributed by atoms with E-state index < -0.39 is 0 Å². The van der Waals surface area contributed by atoms with E-state index in [1.807, 2.05) is 18.2 Å². The summed E-state index contributed by atoms with van der Waals surface area (Å²) in [5.74, 6) is 0.313. The molecule has 1 aromatic carbocycles. The van der Waals surface area contributed by atoms with Gasteiger partial charge in [-0.05, 0) is 38.0 Å². The molecule has 0 radical (unpaired) electrons. The van der Waals surface area contributed by atoms with Crippen LogP contribution in [0.4, 0.5) is 0 Å². The molecule has 128 valence electrons. The molecule has 0 atom stereocenters. The fourth-order valence-electron chi connectivity index (χ4n) is 2.60. The molecule has 0 saturated heterocycles. The number of rotatable bonds is 5. The molecule has 1 saturated carbocycles. The minimum absolute atomic E-state index is 0.0285. The quantitative estimate of drug-likeness (QED) is 0.779. The van der Waals surface area contributed by atoms with Crippen molar-refractivity contribution in [1.29, 1.82) is 0 Å². The lowest BCUT2D eigenvalue weighted by atomic mass is 9.85. The van der Waals surface area contributed by atoms with Crippen LogP contribution >= 0.6 is 11.3 Å². The average molecular weight is 348 g/mol. The Morgan fingerprint density at radius 3 is 2.79 bits per heavy atom. The molecule has 7 heteroatoms. The summed E-state index contributed by atoms with van der Waals surface area (Å²) >= 11 is 1.38. The van der Waals surface area contributed by atoms with Crippen LogP contribution in [-0.2, 0) is 20.9 Å². The van der Waals surface area contributed by atoms with Gasteiger partial charge in [-0.3, -0.25) is 9.59 Å². The van der Waals surface area contributed by atoms with Crippen molar-refractivity contribution in [2.45, 2.75) is 32.7 Å². The molecule has 1 fully saturated rings. The first-order chi connectivity index (χ1) is 11.6. The fraction of sp³-hybridized carbons (Fsp3) is 0.471. The standard InChI is InChI=1S/C17H20N2O4S/c1-3-23-15(20)10-19-13-8-7-12(22-2)9-14(13)24-17(19)18-16(21)11-5-4-6-11/h7-9,11H,3-6,10H2,1-2H3. The maximum Gasteiger partial charge on any atom is 0.326 e. The van der Waals surface area contributed by atoms with E-state index in [0.29, 0.717) is 11.4 Å². The third-order valence-corrected chi connectivity index (χ3v) is 5.18. The van der Waals surface area contributed by atoms with Crippen LogP contribution in [0.5, 0.6) is 5.75 Å². The Balaban J connectivity index is 2.05. The number of methoxy groups -OCH3 is 1. The molecular formula is C17H20N2O4S. The van der Waals surface area contributed by atoms with Crippen LogP contribution in [0.3, 0.4) is 0 Å². The van der Waals surface area contributed by atoms with Crippen molar-refractivity contribution in [3.8, 4) is 5.75 Å². The second-order valence-corrected chi connectivity index (χ2v) is 6.70. The van der Waals surface area contributed by atoms with Crippen LogP contribution in [0.25, 0.3) is 10.2 Å². The molecule has 3 rings (SSSR count). The van der Waals surface area contributed by atoms with Gasteiger partial charge in [-0.2, -0.15) is 4.99 Å². The molecule has 1 amide bonds. The van der Waals surface area contributed by atoms with Gasteiger partial charge in [0.15, 0.2) is 4.80 Å². The third-order valence-electron chi connectivity index (χ3n) is 4.14. The molecule has 24 heavy (non-hydrogen) atoms. The van der Waals surface area contributed by atoms with E-state index in [1.54, 1.807) is 18.6 Å². The van der Waals surface area contributed by atoms with E-state index in [0.717, 1.165) is 35.2 Å². The fourth-order valence-corrected chi connectivity index (χ4v) is 3.66. The topological polar surface area (TPSA) is 69.9 Å². The Morgan fingerprint density at radius 1 is 1.38 bits per heavy atom. The van der Waals surface area contributed by atoms with Crippen molar-refractivity contribution >= 4 is 33.4 Å². The molecule has 6 nitrogen and oxygen atoms in total. The lowest BCUT2D eigenvalue weighted by Gasteiger charge is -2.20. The summed E-state index contributed by atoms with van der Waals surface area (Å²) in [6.45, 7) is 2.13. The molecule has 1 heterocycles. The van der Waals surface area contributed by atoms with Gasteiger partial charge in [-0.25, -0.2) is 0 Å². The highest BCUT2D eigenvalue weighted by Crippen LogP contribution is 2.28. The molecule has 0 bridgehead atoms. The van der Waals surface area contributed by atoms with Crippen LogP contribution in [0.15, 0.2) is 23.2 Å². The van der Waals surface area contributed by atoms with Gasteiger partial charge in [0.25, 0.3) is 5.91 Å². The smallest absolute Gasteiger partial charge is 0.326 e. The van der Waals surface area contributed by atoms with E-state index in [2.05, 4.69) is 4.99 Å². The Kier molecular flexibility index (Phi) is 4.99. The number of hydrogen-bond acceptors (Lipinski definition) is 5. The molecule has 2 aromatic rings. The number of carbonyl (C=O) groups is 2. The van der Waals surface area contributed by atoms with Gasteiger partial charge in [-0.1, -0.05) is 17.8 Å². The Bertz CT molecular complexity index is 833. The number of fused-ring (bicyclic) bond motifs is 1. The molecule has 1 aromatic heterocycles. The van der Waals surface area contributed by atoms with Crippen molar-refractivity contribution in [2.24, 2.45) is 10.9 Å². The first kappa shape index (κ1) is 16.7. The first-order valence-electron chi connectivity index (χ1n) is 8.04. The Hall–Kier alpha value is -2.15. The first-order valence-corrected chi connectivity index (χ1v) is 8.85. The largest absolute Gasteiger partial charge is 0.497 e. The van der Waals surface area contributed by atoms with Crippen LogP contribution in [0.2, 0.25) is 0 Å². The lowest BCUT2D eigenvalue weighted by Crippen LogP contribution is -2.26. The third kappa shape index (κ3) is 3.36. The predicted octanol–water partition coefficient (Wildman–Crippen LogP) is 2.50. The molecule has 0 N–H and O–H groups in total. The maximum atomic E-state index is 12.2. The minimum atomic E-state index is -0.342. The second-order valence-electron chi connectivity index (χ2n) is 5.69. The molecule has 0 unspecified atom stereocenters. The van der Waals surface area contributed by atoms with Gasteiger partial charge in [0.1, 0.15) is 12.3 Å². The van der Waals surface area contributed by atoms with Crippen molar-refractivity contribution in [3.63, 3.8) is 0 Å². The normalized spacial score (nSPS) is 15.3. The van der Waals surface area contributed by atoms with E-state index in [9.17, 15) is 9.59 Å². The molecule has 1 aliphatic rings. The van der Waals surface area contributed by atoms with E-state index in [4.69, 9.17) is 9.47 Å². The summed E-state index contributed by atoms with van der Waals surface area (Å²) in [6.07, 6.45) is 2.89. The molecule has 0 spiro atoms. The number of thiazole rings is 1. The number of ether oxygens (including phenoxy) is 2. The summed E-state index contributed by atoms with van der Waals surface area (Å²) in [5.41, 5.74) is 0.842. The molecule has 1 aliphatic carbocycles. The number of esters is 1. The van der Waals surface area contributed by atoms with Crippen molar-refractivity contribution in [1.82, 2.24) is 4.57 Å². The van der Waals surface area contributed by atoms with Crippen LogP contribution in [-0.4, -0.2) is 30.2 Å². The minimum Gasteiger partial charge on any atom is -0.497 e. The highest BCUT2D eigenvalue weighted by molar-refractivity contribution is 7.16. The highest BCUT2D eigenvalue weighted by atomic mass is 32.1. The zero-order chi connectivity index (χ0) is 17.1. The molecule has 0 aliphatic heterocycles. The maximum absolute atomic E-state index is 12.2. The number of aromatic nitrogens is 1. The summed E-state index contributed by atoms with van der Waals surface area (Å²) in [7, 11) is 1.60. The Morgan fingerprint density at radius 2 is 2.17 bits per heavy atom. The monoisotopic (exact) mass is 348 g/mol. The molecular weight excluding hydrogens is 328 g/mol. The van der Waals surface area contributed by atoms with Crippen molar-refractivity contribution in [3.05, 3.63) is 23.0 Å². The zero-order valence-electron chi connectivity index (χ0n) is 13.8. The predicted molar refractivity (Wildman–Crippen MR) is 90.9 cm³/mol. The summed E-state index contributed by atoms with van der Waals surface area (Å²) in [5, 5.41) is 0. The van der Waals surface area contributed by atoms with Crippen LogP contribution in [0.1, 0.15) is 26.2 Å². The zero-order valence-corrected chi connectivity index (χ0v) is 14.6. The summed E-state index contributed by atoms with van der Waals surface area (Å²) in [4.78, 5) is 29.0. The number of nitrogens with zero attached hydrogens (tertiary/aromatic N) is 2. The highest BCUT2D eigenvalue weighted by Gasteiger charge is 2.25. The van der Waals surface area contributed by atoms with E-state index >= 15 is 0 Å². The number of carbonyl (C=O) groups excluding carboxylic acids is 2. The van der Waals surface area contributed by atoms with Gasteiger partial charge >= 0.3 is 5.97 Å². The SMILES string of the molecule is CCOC(=O)Cn1c(=NC(=O)C2CCC2)sc2cc(OC)ccc21. The summed E-state index contributed by atoms with van der Waals surface area (Å²) in [6, 6.07) is 5.58. The summed E-state index contributed by atoms with van der Waals surface area (Å²) < 4.78 is 12.9. The number of amides is 1. The Labute approximate surface area is 143 Å². The lowest BCUT2D eigenvalue weighted by molar-refractivity contribution is -0.143. The van der Waals surface area contributed by atoms with Gasteiger partial charge < -0.3 is 14.0 Å². The van der Waals surface area contributed by atoms with E-state index in [-0.39, 0.29) is 24.3 Å². The average Bonchev–Trinajstić information content (AvgIpc) is 2.82. The number of hydrogen-bond donors (Lipinski definition) is 0. The van der Waals surface area contributed by atoms with Crippen LogP contribution < -0.4 is 9.54 Å². The number of benzene rings is 1. The van der Waals surface area contributed by atoms with Crippen molar-refractivity contribution < 1.29 is 19.1 Å². The van der Waals surface area contributed by atoms with E-state index in [1.165, 1.54) is 11.3 Å². The van der Waals surface area contributed by atoms with Gasteiger partial charge in [-0.15, -0.1) is 0 Å².